The number of nitrogens with zero attached hydrogens (tertiary/aromatic N) is 1. The Kier molecular flexibility index (Phi) is 4.62. The minimum atomic E-state index is 0.341. The molecule has 1 atom stereocenters. The predicted molar refractivity (Wildman–Crippen MR) is 75.2 cm³/mol. The van der Waals surface area contributed by atoms with Crippen molar-refractivity contribution in [3.63, 3.8) is 0 Å². The highest BCUT2D eigenvalue weighted by molar-refractivity contribution is 5.98. The molecule has 2 heteroatoms. The van der Waals surface area contributed by atoms with E-state index in [2.05, 4.69) is 24.6 Å². The standard InChI is InChI=1S/C16H25NO/c1-3-4-5-6-8-13(2)17-12-11-14-15(17)9-7-10-16(14)18/h11-13H,3-10H2,1-2H3. The molecule has 0 aliphatic heterocycles. The molecule has 0 fully saturated rings. The van der Waals surface area contributed by atoms with Gasteiger partial charge in [0.05, 0.1) is 0 Å². The summed E-state index contributed by atoms with van der Waals surface area (Å²) in [6, 6.07) is 2.57. The number of unbranched alkanes of at least 4 members (excludes halogenated alkanes) is 3. The van der Waals surface area contributed by atoms with Gasteiger partial charge in [-0.15, -0.1) is 0 Å². The van der Waals surface area contributed by atoms with Crippen LogP contribution in [0.15, 0.2) is 12.3 Å². The van der Waals surface area contributed by atoms with E-state index in [0.717, 1.165) is 24.8 Å². The Bertz CT molecular complexity index is 405. The number of ketones is 1. The first-order valence-electron chi connectivity index (χ1n) is 7.47. The zero-order chi connectivity index (χ0) is 13.0. The molecule has 0 aromatic carbocycles. The van der Waals surface area contributed by atoms with Gasteiger partial charge in [0.25, 0.3) is 0 Å². The number of aromatic nitrogens is 1. The maximum Gasteiger partial charge on any atom is 0.164 e. The van der Waals surface area contributed by atoms with E-state index in [4.69, 9.17) is 0 Å². The average Bonchev–Trinajstić information content (AvgIpc) is 2.80. The summed E-state index contributed by atoms with van der Waals surface area (Å²) in [5, 5.41) is 0. The number of fused-ring (bicyclic) bond motifs is 1. The highest BCUT2D eigenvalue weighted by Crippen LogP contribution is 2.27. The number of Topliss-reactive ketones (excluding diaryl/α,β-unsaturated/α-hetero) is 1. The quantitative estimate of drug-likeness (QED) is 0.676. The second kappa shape index (κ2) is 6.21. The number of carbonyl (C=O) groups is 1. The minimum absolute atomic E-state index is 0.341. The van der Waals surface area contributed by atoms with E-state index >= 15 is 0 Å². The van der Waals surface area contributed by atoms with Gasteiger partial charge in [0, 0.05) is 29.9 Å². The number of hydrogen-bond donors (Lipinski definition) is 0. The fourth-order valence-corrected chi connectivity index (χ4v) is 2.97. The van der Waals surface area contributed by atoms with E-state index in [0.29, 0.717) is 11.8 Å². The van der Waals surface area contributed by atoms with Gasteiger partial charge >= 0.3 is 0 Å². The topological polar surface area (TPSA) is 22.0 Å². The Morgan fingerprint density at radius 2 is 2.11 bits per heavy atom. The molecule has 0 amide bonds. The first-order chi connectivity index (χ1) is 8.74. The second-order valence-electron chi connectivity index (χ2n) is 5.56. The predicted octanol–water partition coefficient (Wildman–Crippen LogP) is 4.54. The summed E-state index contributed by atoms with van der Waals surface area (Å²) in [6.07, 6.45) is 11.5. The Morgan fingerprint density at radius 3 is 2.89 bits per heavy atom. The molecule has 100 valence electrons. The van der Waals surface area contributed by atoms with Crippen LogP contribution in [0.2, 0.25) is 0 Å². The van der Waals surface area contributed by atoms with Crippen LogP contribution < -0.4 is 0 Å². The Hall–Kier alpha value is -1.05. The molecule has 1 unspecified atom stereocenters. The molecule has 1 heterocycles. The van der Waals surface area contributed by atoms with Crippen molar-refractivity contribution in [2.75, 3.05) is 0 Å². The lowest BCUT2D eigenvalue weighted by atomic mass is 9.96. The van der Waals surface area contributed by atoms with E-state index in [1.54, 1.807) is 0 Å². The molecule has 1 aliphatic carbocycles. The summed E-state index contributed by atoms with van der Waals surface area (Å²) in [7, 11) is 0. The van der Waals surface area contributed by atoms with Crippen molar-refractivity contribution in [2.24, 2.45) is 0 Å². The van der Waals surface area contributed by atoms with Crippen molar-refractivity contribution in [2.45, 2.75) is 71.3 Å². The van der Waals surface area contributed by atoms with Gasteiger partial charge in [0.1, 0.15) is 0 Å². The number of hydrogen-bond acceptors (Lipinski definition) is 1. The zero-order valence-corrected chi connectivity index (χ0v) is 11.7. The van der Waals surface area contributed by atoms with Gasteiger partial charge in [-0.3, -0.25) is 4.79 Å². The summed E-state index contributed by atoms with van der Waals surface area (Å²) < 4.78 is 2.35. The van der Waals surface area contributed by atoms with Crippen molar-refractivity contribution < 1.29 is 4.79 Å². The minimum Gasteiger partial charge on any atom is -0.348 e. The molecule has 1 aliphatic rings. The normalized spacial score (nSPS) is 16.7. The van der Waals surface area contributed by atoms with Gasteiger partial charge in [0.15, 0.2) is 5.78 Å². The van der Waals surface area contributed by atoms with Crippen molar-refractivity contribution in [1.29, 1.82) is 0 Å². The van der Waals surface area contributed by atoms with E-state index in [-0.39, 0.29) is 0 Å². The van der Waals surface area contributed by atoms with Gasteiger partial charge in [-0.25, -0.2) is 0 Å². The molecule has 18 heavy (non-hydrogen) atoms. The van der Waals surface area contributed by atoms with Gasteiger partial charge < -0.3 is 4.57 Å². The van der Waals surface area contributed by atoms with Crippen LogP contribution in [0, 0.1) is 0 Å². The Balaban J connectivity index is 1.98. The smallest absolute Gasteiger partial charge is 0.164 e. The third-order valence-electron chi connectivity index (χ3n) is 4.09. The summed E-state index contributed by atoms with van der Waals surface area (Å²) >= 11 is 0. The number of rotatable bonds is 6. The zero-order valence-electron chi connectivity index (χ0n) is 11.7. The number of carbonyl (C=O) groups excluding carboxylic acids is 1. The van der Waals surface area contributed by atoms with E-state index in [1.165, 1.54) is 37.8 Å². The summed E-state index contributed by atoms with van der Waals surface area (Å²) in [5.74, 6) is 0.341. The van der Waals surface area contributed by atoms with Gasteiger partial charge in [-0.1, -0.05) is 32.6 Å². The molecule has 0 spiro atoms. The lowest BCUT2D eigenvalue weighted by molar-refractivity contribution is 0.0971. The van der Waals surface area contributed by atoms with Crippen molar-refractivity contribution in [3.05, 3.63) is 23.5 Å². The van der Waals surface area contributed by atoms with Crippen LogP contribution in [0.4, 0.5) is 0 Å². The SMILES string of the molecule is CCCCCCC(C)n1ccc2c1CCCC2=O. The van der Waals surface area contributed by atoms with Crippen molar-refractivity contribution in [1.82, 2.24) is 4.57 Å². The molecule has 0 bridgehead atoms. The first-order valence-corrected chi connectivity index (χ1v) is 7.47. The second-order valence-corrected chi connectivity index (χ2v) is 5.56. The van der Waals surface area contributed by atoms with Crippen molar-refractivity contribution in [3.8, 4) is 0 Å². The average molecular weight is 247 g/mol. The summed E-state index contributed by atoms with van der Waals surface area (Å²) in [5.41, 5.74) is 2.27. The summed E-state index contributed by atoms with van der Waals surface area (Å²) in [6.45, 7) is 4.53. The van der Waals surface area contributed by atoms with Gasteiger partial charge in [0.2, 0.25) is 0 Å². The molecular weight excluding hydrogens is 222 g/mol. The van der Waals surface area contributed by atoms with E-state index < -0.39 is 0 Å². The third kappa shape index (κ3) is 2.85. The fourth-order valence-electron chi connectivity index (χ4n) is 2.97. The van der Waals surface area contributed by atoms with E-state index in [1.807, 2.05) is 6.07 Å². The lowest BCUT2D eigenvalue weighted by Crippen LogP contribution is -2.15. The molecule has 1 aromatic rings. The molecule has 0 saturated carbocycles. The van der Waals surface area contributed by atoms with Crippen LogP contribution >= 0.6 is 0 Å². The largest absolute Gasteiger partial charge is 0.348 e. The molecule has 1 aromatic heterocycles. The summed E-state index contributed by atoms with van der Waals surface area (Å²) in [4.78, 5) is 11.8. The molecule has 0 radical (unpaired) electrons. The van der Waals surface area contributed by atoms with Crippen LogP contribution in [-0.4, -0.2) is 10.4 Å². The molecular formula is C16H25NO. The van der Waals surface area contributed by atoms with Crippen LogP contribution in [0.1, 0.15) is 80.9 Å². The van der Waals surface area contributed by atoms with Crippen molar-refractivity contribution >= 4 is 5.78 Å². The highest BCUT2D eigenvalue weighted by atomic mass is 16.1. The maximum absolute atomic E-state index is 11.8. The van der Waals surface area contributed by atoms with Crippen LogP contribution in [-0.2, 0) is 6.42 Å². The molecule has 2 nitrogen and oxygen atoms in total. The lowest BCUT2D eigenvalue weighted by Gasteiger charge is -2.20. The van der Waals surface area contributed by atoms with Gasteiger partial charge in [-0.05, 0) is 32.3 Å². The van der Waals surface area contributed by atoms with Crippen LogP contribution in [0.3, 0.4) is 0 Å². The Labute approximate surface area is 110 Å². The fraction of sp³-hybridized carbons (Fsp3) is 0.688. The third-order valence-corrected chi connectivity index (χ3v) is 4.09. The van der Waals surface area contributed by atoms with Gasteiger partial charge in [-0.2, -0.15) is 0 Å². The molecule has 0 saturated heterocycles. The maximum atomic E-state index is 11.8. The van der Waals surface area contributed by atoms with Crippen LogP contribution in [0.5, 0.6) is 0 Å². The molecule has 0 N–H and O–H groups in total. The Morgan fingerprint density at radius 1 is 1.28 bits per heavy atom. The first kappa shape index (κ1) is 13.4. The highest BCUT2D eigenvalue weighted by Gasteiger charge is 2.21. The monoisotopic (exact) mass is 247 g/mol. The van der Waals surface area contributed by atoms with E-state index in [9.17, 15) is 4.79 Å². The molecule has 2 rings (SSSR count). The van der Waals surface area contributed by atoms with Crippen LogP contribution in [0.25, 0.3) is 0 Å².